The number of aryl methyl sites for hydroxylation is 1. The van der Waals surface area contributed by atoms with Crippen molar-refractivity contribution in [2.24, 2.45) is 11.3 Å². The molecule has 0 bridgehead atoms. The number of carboxylic acids is 1. The van der Waals surface area contributed by atoms with Gasteiger partial charge in [-0.15, -0.1) is 6.58 Å². The van der Waals surface area contributed by atoms with Gasteiger partial charge in [0.2, 0.25) is 5.95 Å². The number of fused-ring (bicyclic) bond motifs is 1. The van der Waals surface area contributed by atoms with Gasteiger partial charge in [-0.3, -0.25) is 9.69 Å². The fraction of sp³-hybridized carbons (Fsp3) is 0.611. The second-order valence-corrected chi connectivity index (χ2v) is 7.29. The Bertz CT molecular complexity index is 677. The van der Waals surface area contributed by atoms with Crippen molar-refractivity contribution in [2.45, 2.75) is 13.3 Å². The third-order valence-corrected chi connectivity index (χ3v) is 5.33. The summed E-state index contributed by atoms with van der Waals surface area (Å²) in [6.07, 6.45) is 2.67. The van der Waals surface area contributed by atoms with Gasteiger partial charge in [-0.2, -0.15) is 4.98 Å². The molecule has 0 unspecified atom stereocenters. The number of carboxylic acid groups (broad SMARTS) is 1. The Morgan fingerprint density at radius 1 is 1.44 bits per heavy atom. The molecule has 2 aliphatic heterocycles. The fourth-order valence-electron chi connectivity index (χ4n) is 3.98. The van der Waals surface area contributed by atoms with E-state index in [4.69, 9.17) is 0 Å². The van der Waals surface area contributed by atoms with Crippen LogP contribution in [0, 0.1) is 11.3 Å². The van der Waals surface area contributed by atoms with Crippen LogP contribution in [0.1, 0.15) is 12.6 Å². The standard InChI is InChI=1S/C18H27N5O2/c1-5-7-22-9-13-10-23(12-18(13,11-22)16(24)25)15-8-14(6-2)19-17(20-15)21(3)4/h5,8,13H,1,6-7,9-12H2,2-4H3,(H,24,25)/t13-,18-/m1/s1. The fourth-order valence-corrected chi connectivity index (χ4v) is 3.98. The maximum absolute atomic E-state index is 12.1. The number of aliphatic carboxylic acids is 1. The summed E-state index contributed by atoms with van der Waals surface area (Å²) < 4.78 is 0. The Kier molecular flexibility index (Phi) is 4.69. The highest BCUT2D eigenvalue weighted by molar-refractivity contribution is 5.78. The molecule has 1 aromatic rings. The first kappa shape index (κ1) is 17.7. The average molecular weight is 345 g/mol. The molecule has 2 saturated heterocycles. The van der Waals surface area contributed by atoms with Crippen molar-refractivity contribution in [3.8, 4) is 0 Å². The molecule has 2 atom stereocenters. The molecule has 3 rings (SSSR count). The lowest BCUT2D eigenvalue weighted by Gasteiger charge is -2.26. The summed E-state index contributed by atoms with van der Waals surface area (Å²) in [5, 5.41) is 9.95. The Morgan fingerprint density at radius 3 is 2.76 bits per heavy atom. The van der Waals surface area contributed by atoms with Crippen molar-refractivity contribution in [2.75, 3.05) is 56.6 Å². The van der Waals surface area contributed by atoms with Gasteiger partial charge >= 0.3 is 5.97 Å². The third kappa shape index (κ3) is 3.08. The van der Waals surface area contributed by atoms with E-state index in [1.54, 1.807) is 0 Å². The second kappa shape index (κ2) is 6.63. The summed E-state index contributed by atoms with van der Waals surface area (Å²) in [6, 6.07) is 1.99. The third-order valence-electron chi connectivity index (χ3n) is 5.33. The van der Waals surface area contributed by atoms with E-state index in [9.17, 15) is 9.90 Å². The lowest BCUT2D eigenvalue weighted by molar-refractivity contribution is -0.148. The zero-order chi connectivity index (χ0) is 18.2. The van der Waals surface area contributed by atoms with Crippen molar-refractivity contribution in [1.82, 2.24) is 14.9 Å². The number of nitrogens with zero attached hydrogens (tertiary/aromatic N) is 5. The largest absolute Gasteiger partial charge is 0.481 e. The molecule has 0 aliphatic carbocycles. The SMILES string of the molecule is C=CCN1C[C@@H]2CN(c3cc(CC)nc(N(C)C)n3)C[C@]2(C(=O)O)C1. The van der Waals surface area contributed by atoms with Crippen LogP contribution in [0.25, 0.3) is 0 Å². The molecule has 7 nitrogen and oxygen atoms in total. The Labute approximate surface area is 149 Å². The van der Waals surface area contributed by atoms with E-state index < -0.39 is 11.4 Å². The highest BCUT2D eigenvalue weighted by Gasteiger charge is 2.57. The summed E-state index contributed by atoms with van der Waals surface area (Å²) >= 11 is 0. The molecule has 0 amide bonds. The highest BCUT2D eigenvalue weighted by atomic mass is 16.4. The first-order valence-corrected chi connectivity index (χ1v) is 8.76. The zero-order valence-electron chi connectivity index (χ0n) is 15.3. The maximum atomic E-state index is 12.1. The smallest absolute Gasteiger partial charge is 0.313 e. The summed E-state index contributed by atoms with van der Waals surface area (Å²) in [5.74, 6) is 0.905. The van der Waals surface area contributed by atoms with Crippen molar-refractivity contribution in [3.63, 3.8) is 0 Å². The van der Waals surface area contributed by atoms with Gasteiger partial charge in [0.25, 0.3) is 0 Å². The molecule has 25 heavy (non-hydrogen) atoms. The van der Waals surface area contributed by atoms with Gasteiger partial charge in [-0.25, -0.2) is 4.98 Å². The molecule has 1 N–H and O–H groups in total. The van der Waals surface area contributed by atoms with Crippen molar-refractivity contribution < 1.29 is 9.90 Å². The van der Waals surface area contributed by atoms with Crippen LogP contribution >= 0.6 is 0 Å². The van der Waals surface area contributed by atoms with Crippen molar-refractivity contribution in [1.29, 1.82) is 0 Å². The van der Waals surface area contributed by atoms with Crippen molar-refractivity contribution in [3.05, 3.63) is 24.4 Å². The van der Waals surface area contributed by atoms with Crippen LogP contribution in [-0.2, 0) is 11.2 Å². The molecule has 3 heterocycles. The minimum atomic E-state index is -0.724. The first-order valence-electron chi connectivity index (χ1n) is 8.76. The van der Waals surface area contributed by atoms with E-state index >= 15 is 0 Å². The molecule has 2 fully saturated rings. The van der Waals surface area contributed by atoms with Gasteiger partial charge in [-0.05, 0) is 6.42 Å². The van der Waals surface area contributed by atoms with Gasteiger partial charge in [-0.1, -0.05) is 13.0 Å². The van der Waals surface area contributed by atoms with Crippen LogP contribution in [-0.4, -0.2) is 72.8 Å². The lowest BCUT2D eigenvalue weighted by atomic mass is 9.81. The summed E-state index contributed by atoms with van der Waals surface area (Å²) in [6.45, 7) is 9.15. The number of rotatable bonds is 6. The minimum absolute atomic E-state index is 0.104. The van der Waals surface area contributed by atoms with Gasteiger partial charge < -0.3 is 14.9 Å². The van der Waals surface area contributed by atoms with E-state index in [1.165, 1.54) is 0 Å². The monoisotopic (exact) mass is 345 g/mol. The molecule has 0 aromatic carbocycles. The van der Waals surface area contributed by atoms with Crippen LogP contribution in [0.2, 0.25) is 0 Å². The predicted molar refractivity (Wildman–Crippen MR) is 98.1 cm³/mol. The lowest BCUT2D eigenvalue weighted by Crippen LogP contribution is -2.41. The maximum Gasteiger partial charge on any atom is 0.313 e. The summed E-state index contributed by atoms with van der Waals surface area (Å²) in [4.78, 5) is 27.5. The van der Waals surface area contributed by atoms with Crippen LogP contribution in [0.15, 0.2) is 18.7 Å². The van der Waals surface area contributed by atoms with E-state index in [2.05, 4.69) is 33.3 Å². The predicted octanol–water partition coefficient (Wildman–Crippen LogP) is 1.11. The van der Waals surface area contributed by atoms with Gasteiger partial charge in [0.05, 0.1) is 0 Å². The van der Waals surface area contributed by atoms with E-state index in [0.717, 1.165) is 31.0 Å². The Morgan fingerprint density at radius 2 is 2.20 bits per heavy atom. The van der Waals surface area contributed by atoms with Crippen LogP contribution < -0.4 is 9.80 Å². The van der Waals surface area contributed by atoms with E-state index in [0.29, 0.717) is 25.6 Å². The molecular weight excluding hydrogens is 318 g/mol. The molecule has 0 saturated carbocycles. The van der Waals surface area contributed by atoms with Gasteiger partial charge in [0.1, 0.15) is 11.2 Å². The molecule has 0 radical (unpaired) electrons. The first-order chi connectivity index (χ1) is 11.9. The van der Waals surface area contributed by atoms with Gasteiger partial charge in [0.15, 0.2) is 0 Å². The van der Waals surface area contributed by atoms with Crippen LogP contribution in [0.5, 0.6) is 0 Å². The molecule has 1 aromatic heterocycles. The van der Waals surface area contributed by atoms with Crippen molar-refractivity contribution >= 4 is 17.7 Å². The molecule has 136 valence electrons. The molecule has 7 heteroatoms. The number of carbonyl (C=O) groups is 1. The highest BCUT2D eigenvalue weighted by Crippen LogP contribution is 2.44. The average Bonchev–Trinajstić information content (AvgIpc) is 3.09. The topological polar surface area (TPSA) is 72.8 Å². The quantitative estimate of drug-likeness (QED) is 0.774. The number of hydrogen-bond donors (Lipinski definition) is 1. The number of likely N-dealkylation sites (tertiary alicyclic amines) is 1. The molecule has 2 aliphatic rings. The Hall–Kier alpha value is -2.15. The molecular formula is C18H27N5O2. The zero-order valence-corrected chi connectivity index (χ0v) is 15.3. The van der Waals surface area contributed by atoms with Gasteiger partial charge in [0, 0.05) is 64.5 Å². The molecule has 0 spiro atoms. The second-order valence-electron chi connectivity index (χ2n) is 7.29. The number of hydrogen-bond acceptors (Lipinski definition) is 6. The van der Waals surface area contributed by atoms with E-state index in [1.807, 2.05) is 31.1 Å². The van der Waals surface area contributed by atoms with Crippen LogP contribution in [0.4, 0.5) is 11.8 Å². The summed E-state index contributed by atoms with van der Waals surface area (Å²) in [5.41, 5.74) is 0.252. The van der Waals surface area contributed by atoms with E-state index in [-0.39, 0.29) is 5.92 Å². The normalized spacial score (nSPS) is 25.9. The Balaban J connectivity index is 1.89. The number of anilines is 2. The summed E-state index contributed by atoms with van der Waals surface area (Å²) in [7, 11) is 3.84. The van der Waals surface area contributed by atoms with Crippen LogP contribution in [0.3, 0.4) is 0 Å². The number of aromatic nitrogens is 2. The minimum Gasteiger partial charge on any atom is -0.481 e.